The van der Waals surface area contributed by atoms with Crippen molar-refractivity contribution in [2.45, 2.75) is 11.4 Å². The molecule has 1 aromatic heterocycles. The highest BCUT2D eigenvalue weighted by atomic mass is 32.2. The van der Waals surface area contributed by atoms with Gasteiger partial charge in [0.2, 0.25) is 0 Å². The first-order valence-corrected chi connectivity index (χ1v) is 9.85. The van der Waals surface area contributed by atoms with E-state index in [0.717, 1.165) is 10.7 Å². The first-order valence-electron chi connectivity index (χ1n) is 8.62. The van der Waals surface area contributed by atoms with Gasteiger partial charge in [-0.3, -0.25) is 4.79 Å². The summed E-state index contributed by atoms with van der Waals surface area (Å²) in [6.45, 7) is 0.0668. The van der Waals surface area contributed by atoms with Crippen molar-refractivity contribution in [1.29, 1.82) is 0 Å². The number of para-hydroxylation sites is 2. The number of hydrogen-bond donors (Lipinski definition) is 2. The third-order valence-electron chi connectivity index (χ3n) is 3.90. The summed E-state index contributed by atoms with van der Waals surface area (Å²) in [5.41, 5.74) is 1.65. The molecule has 2 N–H and O–H groups in total. The Morgan fingerprint density at radius 1 is 1.00 bits per heavy atom. The standard InChI is InChI=1S/C21H20N2O4S/c1-28-19-11-5-4-10-18(19)23-20(24)14-27-21(25)16-8-2-3-9-17(16)22-13-15-7-6-12-26-15/h2-12,22H,13-14H2,1H3,(H,23,24). The molecular formula is C21H20N2O4S. The number of esters is 1. The fourth-order valence-corrected chi connectivity index (χ4v) is 3.11. The van der Waals surface area contributed by atoms with Gasteiger partial charge < -0.3 is 19.8 Å². The van der Waals surface area contributed by atoms with Crippen LogP contribution in [0.5, 0.6) is 0 Å². The number of rotatable bonds is 8. The normalized spacial score (nSPS) is 10.3. The Morgan fingerprint density at radius 3 is 2.50 bits per heavy atom. The van der Waals surface area contributed by atoms with Crippen molar-refractivity contribution in [1.82, 2.24) is 0 Å². The molecule has 3 aromatic rings. The average molecular weight is 396 g/mol. The zero-order valence-corrected chi connectivity index (χ0v) is 16.1. The van der Waals surface area contributed by atoms with E-state index in [1.807, 2.05) is 36.6 Å². The largest absolute Gasteiger partial charge is 0.467 e. The number of carbonyl (C=O) groups is 2. The third-order valence-corrected chi connectivity index (χ3v) is 4.69. The van der Waals surface area contributed by atoms with Crippen LogP contribution in [0.4, 0.5) is 11.4 Å². The minimum absolute atomic E-state index is 0.353. The molecule has 3 rings (SSSR count). The molecule has 0 aliphatic rings. The van der Waals surface area contributed by atoms with E-state index >= 15 is 0 Å². The highest BCUT2D eigenvalue weighted by Crippen LogP contribution is 2.24. The van der Waals surface area contributed by atoms with Crippen LogP contribution in [-0.2, 0) is 16.1 Å². The van der Waals surface area contributed by atoms with Gasteiger partial charge in [0.15, 0.2) is 6.61 Å². The Labute approximate surface area is 167 Å². The van der Waals surface area contributed by atoms with E-state index in [1.54, 1.807) is 36.6 Å². The Balaban J connectivity index is 1.58. The number of nitrogens with one attached hydrogen (secondary N) is 2. The van der Waals surface area contributed by atoms with Crippen molar-refractivity contribution in [3.63, 3.8) is 0 Å². The monoisotopic (exact) mass is 396 g/mol. The molecule has 0 saturated carbocycles. The van der Waals surface area contributed by atoms with Gasteiger partial charge in [-0.15, -0.1) is 11.8 Å². The molecular weight excluding hydrogens is 376 g/mol. The van der Waals surface area contributed by atoms with Crippen LogP contribution in [0.15, 0.2) is 76.2 Å². The number of furan rings is 1. The van der Waals surface area contributed by atoms with Crippen LogP contribution >= 0.6 is 11.8 Å². The number of ether oxygens (including phenoxy) is 1. The highest BCUT2D eigenvalue weighted by molar-refractivity contribution is 7.98. The molecule has 0 aliphatic heterocycles. The quantitative estimate of drug-likeness (QED) is 0.434. The van der Waals surface area contributed by atoms with Crippen LogP contribution in [0.2, 0.25) is 0 Å². The second-order valence-electron chi connectivity index (χ2n) is 5.80. The molecule has 1 heterocycles. The molecule has 0 aliphatic carbocycles. The number of hydrogen-bond acceptors (Lipinski definition) is 6. The van der Waals surface area contributed by atoms with Crippen molar-refractivity contribution in [3.05, 3.63) is 78.3 Å². The Morgan fingerprint density at radius 2 is 1.75 bits per heavy atom. The van der Waals surface area contributed by atoms with Crippen LogP contribution in [0.25, 0.3) is 0 Å². The molecule has 0 bridgehead atoms. The molecule has 144 valence electrons. The molecule has 0 fully saturated rings. The number of amides is 1. The highest BCUT2D eigenvalue weighted by Gasteiger charge is 2.15. The Bertz CT molecular complexity index is 941. The van der Waals surface area contributed by atoms with Crippen molar-refractivity contribution in [3.8, 4) is 0 Å². The van der Waals surface area contributed by atoms with Gasteiger partial charge in [-0.05, 0) is 42.7 Å². The maximum absolute atomic E-state index is 12.4. The maximum Gasteiger partial charge on any atom is 0.340 e. The van der Waals surface area contributed by atoms with Crippen molar-refractivity contribution < 1.29 is 18.7 Å². The molecule has 1 amide bonds. The minimum Gasteiger partial charge on any atom is -0.467 e. The average Bonchev–Trinajstić information content (AvgIpc) is 3.25. The smallest absolute Gasteiger partial charge is 0.340 e. The van der Waals surface area contributed by atoms with Crippen LogP contribution in [-0.4, -0.2) is 24.7 Å². The molecule has 28 heavy (non-hydrogen) atoms. The summed E-state index contributed by atoms with van der Waals surface area (Å²) in [6.07, 6.45) is 3.52. The summed E-state index contributed by atoms with van der Waals surface area (Å²) in [4.78, 5) is 25.5. The van der Waals surface area contributed by atoms with Gasteiger partial charge in [0.1, 0.15) is 5.76 Å². The van der Waals surface area contributed by atoms with Gasteiger partial charge in [-0.1, -0.05) is 24.3 Å². The van der Waals surface area contributed by atoms with E-state index in [-0.39, 0.29) is 6.61 Å². The summed E-state index contributed by atoms with van der Waals surface area (Å²) in [7, 11) is 0. The second kappa shape index (κ2) is 9.66. The molecule has 0 saturated heterocycles. The van der Waals surface area contributed by atoms with Crippen molar-refractivity contribution in [2.24, 2.45) is 0 Å². The zero-order chi connectivity index (χ0) is 19.8. The van der Waals surface area contributed by atoms with E-state index in [2.05, 4.69) is 10.6 Å². The number of thioether (sulfide) groups is 1. The number of benzene rings is 2. The van der Waals surface area contributed by atoms with Gasteiger partial charge in [0.05, 0.1) is 24.1 Å². The Hall–Kier alpha value is -3.19. The lowest BCUT2D eigenvalue weighted by atomic mass is 10.2. The SMILES string of the molecule is CSc1ccccc1NC(=O)COC(=O)c1ccccc1NCc1ccco1. The first-order chi connectivity index (χ1) is 13.7. The molecule has 2 aromatic carbocycles. The van der Waals surface area contributed by atoms with E-state index < -0.39 is 11.9 Å². The van der Waals surface area contributed by atoms with Gasteiger partial charge >= 0.3 is 5.97 Å². The van der Waals surface area contributed by atoms with Crippen LogP contribution in [0.3, 0.4) is 0 Å². The minimum atomic E-state index is -0.573. The summed E-state index contributed by atoms with van der Waals surface area (Å²) in [5.74, 6) is -0.221. The summed E-state index contributed by atoms with van der Waals surface area (Å²) >= 11 is 1.53. The van der Waals surface area contributed by atoms with E-state index in [1.165, 1.54) is 11.8 Å². The number of anilines is 2. The third kappa shape index (κ3) is 5.17. The molecule has 6 nitrogen and oxygen atoms in total. The molecule has 0 spiro atoms. The van der Waals surface area contributed by atoms with Crippen LogP contribution < -0.4 is 10.6 Å². The van der Waals surface area contributed by atoms with E-state index in [4.69, 9.17) is 9.15 Å². The van der Waals surface area contributed by atoms with E-state index in [9.17, 15) is 9.59 Å². The van der Waals surface area contributed by atoms with Crippen LogP contribution in [0.1, 0.15) is 16.1 Å². The fraction of sp³-hybridized carbons (Fsp3) is 0.143. The zero-order valence-electron chi connectivity index (χ0n) is 15.3. The van der Waals surface area contributed by atoms with Gasteiger partial charge in [0.25, 0.3) is 5.91 Å². The molecule has 0 atom stereocenters. The van der Waals surface area contributed by atoms with Crippen LogP contribution in [0, 0.1) is 0 Å². The molecule has 0 unspecified atom stereocenters. The Kier molecular flexibility index (Phi) is 6.75. The predicted octanol–water partition coefficient (Wildman–Crippen LogP) is 4.41. The van der Waals surface area contributed by atoms with Gasteiger partial charge in [0, 0.05) is 10.6 Å². The predicted molar refractivity (Wildman–Crippen MR) is 110 cm³/mol. The summed E-state index contributed by atoms with van der Waals surface area (Å²) < 4.78 is 10.5. The lowest BCUT2D eigenvalue weighted by Crippen LogP contribution is -2.21. The topological polar surface area (TPSA) is 80.6 Å². The van der Waals surface area contributed by atoms with Crippen molar-refractivity contribution in [2.75, 3.05) is 23.5 Å². The lowest BCUT2D eigenvalue weighted by Gasteiger charge is -2.12. The van der Waals surface area contributed by atoms with Gasteiger partial charge in [-0.2, -0.15) is 0 Å². The lowest BCUT2D eigenvalue weighted by molar-refractivity contribution is -0.119. The van der Waals surface area contributed by atoms with E-state index in [0.29, 0.717) is 23.5 Å². The maximum atomic E-state index is 12.4. The van der Waals surface area contributed by atoms with Gasteiger partial charge in [-0.25, -0.2) is 4.79 Å². The number of carbonyl (C=O) groups excluding carboxylic acids is 2. The first kappa shape index (κ1) is 19.6. The fourth-order valence-electron chi connectivity index (χ4n) is 2.55. The molecule has 7 heteroatoms. The summed E-state index contributed by atoms with van der Waals surface area (Å²) in [5, 5.41) is 5.90. The second-order valence-corrected chi connectivity index (χ2v) is 6.65. The van der Waals surface area contributed by atoms with Crippen molar-refractivity contribution >= 4 is 35.0 Å². The summed E-state index contributed by atoms with van der Waals surface area (Å²) in [6, 6.07) is 18.1. The molecule has 0 radical (unpaired) electrons.